The lowest BCUT2D eigenvalue weighted by Crippen LogP contribution is -2.45. The molecule has 0 atom stereocenters. The number of carbonyl (C=O) groups excluding carboxylic acids is 1. The lowest BCUT2D eigenvalue weighted by molar-refractivity contribution is -0.133. The van der Waals surface area contributed by atoms with Crippen LogP contribution in [-0.4, -0.2) is 62.0 Å². The Morgan fingerprint density at radius 3 is 2.65 bits per heavy atom. The fourth-order valence-electron chi connectivity index (χ4n) is 2.34. The smallest absolute Gasteiger partial charge is 0.323 e. The molecule has 2 aromatic rings. The molecule has 1 fully saturated rings. The number of H-pyrrole nitrogens is 2. The fourth-order valence-corrected chi connectivity index (χ4v) is 3.34. The molecule has 3 N–H and O–H groups in total. The predicted molar refractivity (Wildman–Crippen MR) is 81.5 cm³/mol. The summed E-state index contributed by atoms with van der Waals surface area (Å²) in [6.45, 7) is 1.50. The molecular weight excluding hydrogens is 324 g/mol. The van der Waals surface area contributed by atoms with E-state index in [4.69, 9.17) is 4.74 Å². The van der Waals surface area contributed by atoms with Gasteiger partial charge in [0.05, 0.1) is 35.7 Å². The number of nitrogens with one attached hydrogen (secondary N) is 3. The van der Waals surface area contributed by atoms with Gasteiger partial charge in [0.15, 0.2) is 0 Å². The highest BCUT2D eigenvalue weighted by atomic mass is 32.2. The van der Waals surface area contributed by atoms with Crippen molar-refractivity contribution in [1.29, 1.82) is 0 Å². The molecule has 124 valence electrons. The Balaban J connectivity index is 1.72. The first-order chi connectivity index (χ1) is 11.0. The van der Waals surface area contributed by atoms with E-state index in [1.165, 1.54) is 18.2 Å². The second kappa shape index (κ2) is 6.14. The summed E-state index contributed by atoms with van der Waals surface area (Å²) < 4.78 is 31.9. The molecular formula is C13H16N4O5S. The van der Waals surface area contributed by atoms with Gasteiger partial charge in [0.2, 0.25) is 15.9 Å². The van der Waals surface area contributed by atoms with Crippen molar-refractivity contribution >= 4 is 27.0 Å². The van der Waals surface area contributed by atoms with Crippen LogP contribution in [0.4, 0.5) is 0 Å². The van der Waals surface area contributed by atoms with E-state index in [0.717, 1.165) is 0 Å². The van der Waals surface area contributed by atoms with Crippen molar-refractivity contribution in [1.82, 2.24) is 19.6 Å². The number of amides is 1. The maximum absolute atomic E-state index is 12.3. The third kappa shape index (κ3) is 3.44. The fraction of sp³-hybridized carbons (Fsp3) is 0.385. The molecule has 1 aromatic heterocycles. The average Bonchev–Trinajstić information content (AvgIpc) is 2.92. The zero-order valence-electron chi connectivity index (χ0n) is 12.2. The molecule has 1 aliphatic rings. The van der Waals surface area contributed by atoms with Gasteiger partial charge in [0, 0.05) is 13.1 Å². The number of hydrogen-bond donors (Lipinski definition) is 3. The van der Waals surface area contributed by atoms with Crippen LogP contribution < -0.4 is 10.4 Å². The van der Waals surface area contributed by atoms with Crippen molar-refractivity contribution in [3.05, 3.63) is 28.7 Å². The first-order valence-corrected chi connectivity index (χ1v) is 8.51. The number of carbonyl (C=O) groups is 1. The quantitative estimate of drug-likeness (QED) is 0.658. The van der Waals surface area contributed by atoms with Crippen LogP contribution in [0.2, 0.25) is 0 Å². The normalized spacial score (nSPS) is 15.9. The summed E-state index contributed by atoms with van der Waals surface area (Å²) in [7, 11) is -3.84. The number of sulfonamides is 1. The van der Waals surface area contributed by atoms with E-state index >= 15 is 0 Å². The lowest BCUT2D eigenvalue weighted by Gasteiger charge is -2.26. The summed E-state index contributed by atoms with van der Waals surface area (Å²) in [4.78, 5) is 29.7. The van der Waals surface area contributed by atoms with Gasteiger partial charge >= 0.3 is 5.69 Å². The lowest BCUT2D eigenvalue weighted by atomic mass is 10.3. The summed E-state index contributed by atoms with van der Waals surface area (Å²) in [5.41, 5.74) is 0.487. The zero-order valence-corrected chi connectivity index (χ0v) is 13.0. The van der Waals surface area contributed by atoms with E-state index in [9.17, 15) is 18.0 Å². The van der Waals surface area contributed by atoms with Crippen LogP contribution >= 0.6 is 0 Å². The number of aromatic nitrogens is 2. The second-order valence-electron chi connectivity index (χ2n) is 5.10. The molecule has 1 amide bonds. The largest absolute Gasteiger partial charge is 0.378 e. The molecule has 10 heteroatoms. The summed E-state index contributed by atoms with van der Waals surface area (Å²) >= 11 is 0. The summed E-state index contributed by atoms with van der Waals surface area (Å²) in [5.74, 6) is -0.298. The van der Waals surface area contributed by atoms with E-state index < -0.39 is 15.7 Å². The molecule has 0 aliphatic carbocycles. The van der Waals surface area contributed by atoms with Gasteiger partial charge in [-0.2, -0.15) is 0 Å². The van der Waals surface area contributed by atoms with Crippen LogP contribution in [0.3, 0.4) is 0 Å². The molecule has 1 aliphatic heterocycles. The van der Waals surface area contributed by atoms with Crippen molar-refractivity contribution in [2.75, 3.05) is 32.8 Å². The Morgan fingerprint density at radius 2 is 1.91 bits per heavy atom. The molecule has 0 spiro atoms. The minimum atomic E-state index is -3.84. The minimum absolute atomic E-state index is 0.0185. The predicted octanol–water partition coefficient (Wildman–Crippen LogP) is -1.01. The highest BCUT2D eigenvalue weighted by Gasteiger charge is 2.21. The standard InChI is InChI=1S/C13H16N4O5S/c18-12(17-3-5-22-6-4-17)8-14-23(20,21)9-1-2-10-11(7-9)16-13(19)15-10/h1-2,7,14H,3-6,8H2,(H2,15,16,19). The Kier molecular flexibility index (Phi) is 4.20. The summed E-state index contributed by atoms with van der Waals surface area (Å²) in [6, 6.07) is 4.20. The van der Waals surface area contributed by atoms with Gasteiger partial charge in [0.1, 0.15) is 0 Å². The third-order valence-electron chi connectivity index (χ3n) is 3.57. The number of fused-ring (bicyclic) bond motifs is 1. The first kappa shape index (κ1) is 15.7. The second-order valence-corrected chi connectivity index (χ2v) is 6.87. The molecule has 3 rings (SSSR count). The number of aromatic amines is 2. The summed E-state index contributed by atoms with van der Waals surface area (Å²) in [6.07, 6.45) is 0. The van der Waals surface area contributed by atoms with E-state index in [2.05, 4.69) is 14.7 Å². The van der Waals surface area contributed by atoms with Crippen molar-refractivity contribution in [2.24, 2.45) is 0 Å². The van der Waals surface area contributed by atoms with Gasteiger partial charge in [-0.3, -0.25) is 4.79 Å². The van der Waals surface area contributed by atoms with Crippen LogP contribution in [0.25, 0.3) is 11.0 Å². The highest BCUT2D eigenvalue weighted by molar-refractivity contribution is 7.89. The number of hydrogen-bond acceptors (Lipinski definition) is 5. The molecule has 9 nitrogen and oxygen atoms in total. The van der Waals surface area contributed by atoms with Gasteiger partial charge in [-0.1, -0.05) is 0 Å². The SMILES string of the molecule is O=C(CNS(=O)(=O)c1ccc2[nH]c(=O)[nH]c2c1)N1CCOCC1. The van der Waals surface area contributed by atoms with Crippen LogP contribution in [0.5, 0.6) is 0 Å². The molecule has 2 heterocycles. The van der Waals surface area contributed by atoms with Crippen LogP contribution in [0.15, 0.2) is 27.9 Å². The van der Waals surface area contributed by atoms with Crippen LogP contribution in [0, 0.1) is 0 Å². The Morgan fingerprint density at radius 1 is 1.22 bits per heavy atom. The Bertz CT molecular complexity index is 879. The van der Waals surface area contributed by atoms with E-state index in [1.54, 1.807) is 4.90 Å². The average molecular weight is 340 g/mol. The zero-order chi connectivity index (χ0) is 16.4. The number of benzene rings is 1. The van der Waals surface area contributed by atoms with E-state index in [1.807, 2.05) is 0 Å². The third-order valence-corrected chi connectivity index (χ3v) is 4.97. The van der Waals surface area contributed by atoms with Crippen molar-refractivity contribution in [3.8, 4) is 0 Å². The number of rotatable bonds is 4. The number of nitrogens with zero attached hydrogens (tertiary/aromatic N) is 1. The van der Waals surface area contributed by atoms with Crippen LogP contribution in [0.1, 0.15) is 0 Å². The number of ether oxygens (including phenoxy) is 1. The number of imidazole rings is 1. The Labute approximate surface area is 131 Å². The van der Waals surface area contributed by atoms with Crippen molar-refractivity contribution in [2.45, 2.75) is 4.90 Å². The maximum atomic E-state index is 12.3. The van der Waals surface area contributed by atoms with Crippen LogP contribution in [-0.2, 0) is 19.6 Å². The van der Waals surface area contributed by atoms with Gasteiger partial charge in [-0.15, -0.1) is 0 Å². The van der Waals surface area contributed by atoms with E-state index in [-0.39, 0.29) is 17.3 Å². The highest BCUT2D eigenvalue weighted by Crippen LogP contribution is 2.14. The number of morpholine rings is 1. The van der Waals surface area contributed by atoms with Crippen molar-refractivity contribution in [3.63, 3.8) is 0 Å². The maximum Gasteiger partial charge on any atom is 0.323 e. The summed E-state index contributed by atoms with van der Waals surface area (Å²) in [5, 5.41) is 0. The van der Waals surface area contributed by atoms with Gasteiger partial charge in [0.25, 0.3) is 0 Å². The van der Waals surface area contributed by atoms with Gasteiger partial charge in [-0.05, 0) is 18.2 Å². The molecule has 1 aromatic carbocycles. The minimum Gasteiger partial charge on any atom is -0.378 e. The molecule has 0 radical (unpaired) electrons. The van der Waals surface area contributed by atoms with Crippen molar-refractivity contribution < 1.29 is 17.9 Å². The first-order valence-electron chi connectivity index (χ1n) is 7.03. The molecule has 0 saturated carbocycles. The molecule has 0 unspecified atom stereocenters. The molecule has 1 saturated heterocycles. The monoisotopic (exact) mass is 340 g/mol. The van der Waals surface area contributed by atoms with Gasteiger partial charge in [-0.25, -0.2) is 17.9 Å². The van der Waals surface area contributed by atoms with Gasteiger partial charge < -0.3 is 19.6 Å². The molecule has 0 bridgehead atoms. The molecule has 23 heavy (non-hydrogen) atoms. The Hall–Kier alpha value is -2.17. The van der Waals surface area contributed by atoms with E-state index in [0.29, 0.717) is 37.3 Å². The topological polar surface area (TPSA) is 124 Å².